The molecule has 2 heterocycles. The third-order valence-electron chi connectivity index (χ3n) is 4.00. The maximum Gasteiger partial charge on any atom is 0.241 e. The Bertz CT molecular complexity index is 988. The van der Waals surface area contributed by atoms with Crippen molar-refractivity contribution in [3.05, 3.63) is 54.0 Å². The maximum atomic E-state index is 13.5. The molecule has 2 amide bonds. The van der Waals surface area contributed by atoms with Crippen molar-refractivity contribution >= 4 is 28.9 Å². The van der Waals surface area contributed by atoms with Crippen LogP contribution < -0.4 is 11.1 Å². The number of aliphatic hydroxyl groups excluding tert-OH is 1. The third-order valence-corrected chi connectivity index (χ3v) is 4.00. The Morgan fingerprint density at radius 1 is 1.30 bits per heavy atom. The van der Waals surface area contributed by atoms with Crippen LogP contribution in [0.3, 0.4) is 0 Å². The lowest BCUT2D eigenvalue weighted by atomic mass is 10.1. The predicted octanol–water partition coefficient (Wildman–Crippen LogP) is 1.16. The van der Waals surface area contributed by atoms with E-state index in [0.29, 0.717) is 16.7 Å². The van der Waals surface area contributed by atoms with E-state index in [0.717, 1.165) is 0 Å². The molecule has 27 heavy (non-hydrogen) atoms. The molecule has 9 heteroatoms. The number of nitrogens with zero attached hydrogens (tertiary/aromatic N) is 3. The highest BCUT2D eigenvalue weighted by Gasteiger charge is 2.26. The molecule has 1 unspecified atom stereocenters. The predicted molar refractivity (Wildman–Crippen MR) is 96.2 cm³/mol. The largest absolute Gasteiger partial charge is 0.396 e. The van der Waals surface area contributed by atoms with Crippen molar-refractivity contribution in [3.8, 4) is 0 Å². The first-order chi connectivity index (χ1) is 13.0. The molecule has 8 nitrogen and oxygen atoms in total. The summed E-state index contributed by atoms with van der Waals surface area (Å²) < 4.78 is 15.0. The van der Waals surface area contributed by atoms with Crippen LogP contribution in [0.25, 0.3) is 11.2 Å². The molecule has 0 aliphatic carbocycles. The van der Waals surface area contributed by atoms with Crippen LogP contribution in [-0.2, 0) is 16.0 Å². The van der Waals surface area contributed by atoms with Gasteiger partial charge in [-0.1, -0.05) is 12.1 Å². The molecule has 3 rings (SSSR count). The Labute approximate surface area is 153 Å². The summed E-state index contributed by atoms with van der Waals surface area (Å²) in [4.78, 5) is 32.7. The standard InChI is InChI=1S/C18H18FN5O3/c19-12-4-1-3-11(9-12)10-14(16(20)27)24-17-13(5-2-7-21-17)22-18(24)23-15(26)6-8-25/h1-5,7,9,14,25H,6,8,10H2,(H2,20,27)(H,22,23,26). The van der Waals surface area contributed by atoms with Crippen molar-refractivity contribution in [2.75, 3.05) is 11.9 Å². The number of anilines is 1. The van der Waals surface area contributed by atoms with Gasteiger partial charge in [-0.25, -0.2) is 14.4 Å². The van der Waals surface area contributed by atoms with Gasteiger partial charge in [-0.3, -0.25) is 19.5 Å². The number of hydrogen-bond acceptors (Lipinski definition) is 5. The molecular formula is C18H18FN5O3. The third kappa shape index (κ3) is 4.09. The number of carbonyl (C=O) groups is 2. The average molecular weight is 371 g/mol. The summed E-state index contributed by atoms with van der Waals surface area (Å²) in [6.45, 7) is -0.327. The number of carbonyl (C=O) groups excluding carboxylic acids is 2. The number of halogens is 1. The molecule has 140 valence electrons. The fourth-order valence-corrected chi connectivity index (χ4v) is 2.81. The van der Waals surface area contributed by atoms with Crippen molar-refractivity contribution in [3.63, 3.8) is 0 Å². The van der Waals surface area contributed by atoms with Gasteiger partial charge in [-0.2, -0.15) is 0 Å². The molecule has 1 atom stereocenters. The number of aliphatic hydroxyl groups is 1. The summed E-state index contributed by atoms with van der Waals surface area (Å²) in [5.41, 5.74) is 6.98. The van der Waals surface area contributed by atoms with Gasteiger partial charge in [0.2, 0.25) is 17.8 Å². The average Bonchev–Trinajstić information content (AvgIpc) is 2.97. The van der Waals surface area contributed by atoms with Crippen LogP contribution >= 0.6 is 0 Å². The summed E-state index contributed by atoms with van der Waals surface area (Å²) >= 11 is 0. The topological polar surface area (TPSA) is 123 Å². The second-order valence-corrected chi connectivity index (χ2v) is 5.93. The highest BCUT2D eigenvalue weighted by Crippen LogP contribution is 2.26. The fourth-order valence-electron chi connectivity index (χ4n) is 2.81. The van der Waals surface area contributed by atoms with E-state index in [1.807, 2.05) is 0 Å². The van der Waals surface area contributed by atoms with Gasteiger partial charge in [0.05, 0.1) is 13.0 Å². The molecule has 0 aliphatic rings. The molecule has 4 N–H and O–H groups in total. The minimum absolute atomic E-state index is 0.0855. The summed E-state index contributed by atoms with van der Waals surface area (Å²) in [6.07, 6.45) is 1.50. The first kappa shape index (κ1) is 18.5. The SMILES string of the molecule is NC(=O)C(Cc1cccc(F)c1)n1c(NC(=O)CCO)nc2cccnc21. The van der Waals surface area contributed by atoms with Crippen molar-refractivity contribution in [2.24, 2.45) is 5.73 Å². The molecule has 0 radical (unpaired) electrons. The lowest BCUT2D eigenvalue weighted by Crippen LogP contribution is -2.30. The summed E-state index contributed by atoms with van der Waals surface area (Å²) in [5.74, 6) is -1.49. The smallest absolute Gasteiger partial charge is 0.241 e. The van der Waals surface area contributed by atoms with E-state index in [2.05, 4.69) is 15.3 Å². The Kier molecular flexibility index (Phi) is 5.41. The number of amides is 2. The van der Waals surface area contributed by atoms with Gasteiger partial charge in [-0.05, 0) is 29.8 Å². The first-order valence-corrected chi connectivity index (χ1v) is 8.27. The number of nitrogens with one attached hydrogen (secondary N) is 1. The van der Waals surface area contributed by atoms with Crippen molar-refractivity contribution in [2.45, 2.75) is 18.9 Å². The molecule has 1 aromatic carbocycles. The number of benzene rings is 1. The zero-order valence-corrected chi connectivity index (χ0v) is 14.3. The lowest BCUT2D eigenvalue weighted by Gasteiger charge is -2.18. The summed E-state index contributed by atoms with van der Waals surface area (Å²) in [6, 6.07) is 8.23. The van der Waals surface area contributed by atoms with Crippen LogP contribution in [0.1, 0.15) is 18.0 Å². The second-order valence-electron chi connectivity index (χ2n) is 5.93. The molecule has 3 aromatic rings. The highest BCUT2D eigenvalue weighted by atomic mass is 19.1. The van der Waals surface area contributed by atoms with Gasteiger partial charge in [0.15, 0.2) is 5.65 Å². The summed E-state index contributed by atoms with van der Waals surface area (Å²) in [5, 5.41) is 11.5. The van der Waals surface area contributed by atoms with Crippen LogP contribution in [0.2, 0.25) is 0 Å². The van der Waals surface area contributed by atoms with Gasteiger partial charge in [-0.15, -0.1) is 0 Å². The number of hydrogen-bond donors (Lipinski definition) is 3. The number of rotatable bonds is 7. The number of nitrogens with two attached hydrogens (primary N) is 1. The van der Waals surface area contributed by atoms with Crippen LogP contribution in [-0.4, -0.2) is 38.1 Å². The molecule has 0 saturated carbocycles. The van der Waals surface area contributed by atoms with Crippen molar-refractivity contribution in [1.29, 1.82) is 0 Å². The van der Waals surface area contributed by atoms with Gasteiger partial charge in [0.1, 0.15) is 17.4 Å². The molecule has 0 bridgehead atoms. The van der Waals surface area contributed by atoms with Crippen molar-refractivity contribution < 1.29 is 19.1 Å². The molecule has 0 aliphatic heterocycles. The van der Waals surface area contributed by atoms with E-state index in [4.69, 9.17) is 10.8 Å². The Morgan fingerprint density at radius 2 is 2.11 bits per heavy atom. The van der Waals surface area contributed by atoms with E-state index in [1.165, 1.54) is 29.0 Å². The second kappa shape index (κ2) is 7.92. The van der Waals surface area contributed by atoms with Crippen LogP contribution in [0.5, 0.6) is 0 Å². The van der Waals surface area contributed by atoms with Gasteiger partial charge >= 0.3 is 0 Å². The molecule has 0 fully saturated rings. The van der Waals surface area contributed by atoms with Crippen LogP contribution in [0.15, 0.2) is 42.6 Å². The zero-order chi connectivity index (χ0) is 19.4. The summed E-state index contributed by atoms with van der Waals surface area (Å²) in [7, 11) is 0. The van der Waals surface area contributed by atoms with Gasteiger partial charge in [0.25, 0.3) is 0 Å². The van der Waals surface area contributed by atoms with E-state index in [-0.39, 0.29) is 25.4 Å². The van der Waals surface area contributed by atoms with E-state index in [9.17, 15) is 14.0 Å². The highest BCUT2D eigenvalue weighted by molar-refractivity contribution is 5.92. The quantitative estimate of drug-likeness (QED) is 0.575. The van der Waals surface area contributed by atoms with Gasteiger partial charge in [0, 0.05) is 12.6 Å². The number of imidazole rings is 1. The fraction of sp³-hybridized carbons (Fsp3) is 0.222. The number of aromatic nitrogens is 3. The first-order valence-electron chi connectivity index (χ1n) is 8.27. The minimum atomic E-state index is -0.948. The van der Waals surface area contributed by atoms with Crippen LogP contribution in [0, 0.1) is 5.82 Å². The Balaban J connectivity index is 2.07. The van der Waals surface area contributed by atoms with E-state index >= 15 is 0 Å². The monoisotopic (exact) mass is 371 g/mol. The molecule has 2 aromatic heterocycles. The zero-order valence-electron chi connectivity index (χ0n) is 14.3. The van der Waals surface area contributed by atoms with Gasteiger partial charge < -0.3 is 10.8 Å². The molecule has 0 spiro atoms. The number of primary amides is 1. The maximum absolute atomic E-state index is 13.5. The van der Waals surface area contributed by atoms with E-state index < -0.39 is 23.7 Å². The van der Waals surface area contributed by atoms with Crippen molar-refractivity contribution in [1.82, 2.24) is 14.5 Å². The normalized spacial score (nSPS) is 12.1. The number of fused-ring (bicyclic) bond motifs is 1. The van der Waals surface area contributed by atoms with E-state index in [1.54, 1.807) is 18.2 Å². The molecule has 0 saturated heterocycles. The number of pyridine rings is 1. The molecular weight excluding hydrogens is 353 g/mol. The Morgan fingerprint density at radius 3 is 2.81 bits per heavy atom. The van der Waals surface area contributed by atoms with Crippen LogP contribution in [0.4, 0.5) is 10.3 Å². The Hall–Kier alpha value is -3.33. The lowest BCUT2D eigenvalue weighted by molar-refractivity contribution is -0.121. The minimum Gasteiger partial charge on any atom is -0.396 e.